The molecule has 0 saturated carbocycles. The second kappa shape index (κ2) is 6.48. The number of thiophene rings is 1. The smallest absolute Gasteiger partial charge is 0.171 e. The molecule has 0 bridgehead atoms. The third-order valence-corrected chi connectivity index (χ3v) is 4.91. The topological polar surface area (TPSA) is 37.8 Å². The van der Waals surface area contributed by atoms with E-state index in [-0.39, 0.29) is 0 Å². The average molecular weight is 340 g/mol. The summed E-state index contributed by atoms with van der Waals surface area (Å²) < 4.78 is 1.13. The zero-order valence-electron chi connectivity index (χ0n) is 11.5. The molecular formula is C14H18BrN3S. The quantitative estimate of drug-likeness (QED) is 0.860. The summed E-state index contributed by atoms with van der Waals surface area (Å²) in [6.45, 7) is 7.30. The molecule has 2 heterocycles. The van der Waals surface area contributed by atoms with Crippen LogP contribution in [-0.4, -0.2) is 16.5 Å². The van der Waals surface area contributed by atoms with Gasteiger partial charge in [0.15, 0.2) is 5.82 Å². The lowest BCUT2D eigenvalue weighted by molar-refractivity contribution is 0.952. The van der Waals surface area contributed by atoms with Crippen LogP contribution in [0.1, 0.15) is 30.8 Å². The minimum atomic E-state index is 0.816. The molecule has 0 amide bonds. The molecule has 0 unspecified atom stereocenters. The van der Waals surface area contributed by atoms with E-state index < -0.39 is 0 Å². The summed E-state index contributed by atoms with van der Waals surface area (Å²) in [6, 6.07) is 4.13. The highest BCUT2D eigenvalue weighted by Crippen LogP contribution is 2.32. The van der Waals surface area contributed by atoms with E-state index in [4.69, 9.17) is 0 Å². The minimum Gasteiger partial charge on any atom is -0.370 e. The Morgan fingerprint density at radius 2 is 2.05 bits per heavy atom. The molecule has 0 aliphatic heterocycles. The van der Waals surface area contributed by atoms with Gasteiger partial charge in [0, 0.05) is 27.7 Å². The standard InChI is InChI=1S/C14H18BrN3S/c1-4-6-16-13-7-10(5-2)17-14(18-13)12-8-11(15)9(3)19-12/h7-8H,4-6H2,1-3H3,(H,16,17,18). The van der Waals surface area contributed by atoms with E-state index in [1.54, 1.807) is 11.3 Å². The Kier molecular flexibility index (Phi) is 4.93. The molecule has 5 heteroatoms. The van der Waals surface area contributed by atoms with Gasteiger partial charge in [0.05, 0.1) is 4.88 Å². The largest absolute Gasteiger partial charge is 0.370 e. The van der Waals surface area contributed by atoms with Crippen LogP contribution in [0.15, 0.2) is 16.6 Å². The molecule has 2 aromatic heterocycles. The molecule has 2 rings (SSSR count). The number of aromatic nitrogens is 2. The van der Waals surface area contributed by atoms with Crippen molar-refractivity contribution < 1.29 is 0 Å². The second-order valence-electron chi connectivity index (χ2n) is 4.36. The third-order valence-electron chi connectivity index (χ3n) is 2.78. The number of aryl methyl sites for hydroxylation is 2. The first kappa shape index (κ1) is 14.5. The molecule has 102 valence electrons. The summed E-state index contributed by atoms with van der Waals surface area (Å²) in [6.07, 6.45) is 2.01. The predicted molar refractivity (Wildman–Crippen MR) is 85.9 cm³/mol. The highest BCUT2D eigenvalue weighted by atomic mass is 79.9. The van der Waals surface area contributed by atoms with Gasteiger partial charge in [-0.3, -0.25) is 0 Å². The second-order valence-corrected chi connectivity index (χ2v) is 6.47. The summed E-state index contributed by atoms with van der Waals surface area (Å²) in [5.41, 5.74) is 1.07. The van der Waals surface area contributed by atoms with E-state index in [2.05, 4.69) is 58.1 Å². The number of hydrogen-bond acceptors (Lipinski definition) is 4. The normalized spacial score (nSPS) is 10.7. The van der Waals surface area contributed by atoms with Crippen LogP contribution in [0.4, 0.5) is 5.82 Å². The molecule has 0 fully saturated rings. The Bertz CT molecular complexity index is 546. The number of nitrogens with one attached hydrogen (secondary N) is 1. The van der Waals surface area contributed by atoms with Gasteiger partial charge in [-0.1, -0.05) is 13.8 Å². The lowest BCUT2D eigenvalue weighted by atomic mass is 10.3. The van der Waals surface area contributed by atoms with Crippen LogP contribution < -0.4 is 5.32 Å². The minimum absolute atomic E-state index is 0.816. The maximum atomic E-state index is 4.62. The van der Waals surface area contributed by atoms with Gasteiger partial charge < -0.3 is 5.32 Å². The van der Waals surface area contributed by atoms with Crippen LogP contribution in [0.5, 0.6) is 0 Å². The zero-order valence-corrected chi connectivity index (χ0v) is 13.9. The van der Waals surface area contributed by atoms with Gasteiger partial charge in [-0.2, -0.15) is 0 Å². The Morgan fingerprint density at radius 1 is 1.26 bits per heavy atom. The third kappa shape index (κ3) is 3.54. The molecular weight excluding hydrogens is 322 g/mol. The van der Waals surface area contributed by atoms with Gasteiger partial charge in [-0.25, -0.2) is 9.97 Å². The van der Waals surface area contributed by atoms with Gasteiger partial charge in [0.1, 0.15) is 5.82 Å². The van der Waals surface area contributed by atoms with Gasteiger partial charge in [-0.05, 0) is 41.8 Å². The number of anilines is 1. The van der Waals surface area contributed by atoms with Crippen LogP contribution >= 0.6 is 27.3 Å². The Hall–Kier alpha value is -0.940. The molecule has 0 saturated heterocycles. The molecule has 2 aromatic rings. The fourth-order valence-corrected chi connectivity index (χ4v) is 3.17. The van der Waals surface area contributed by atoms with Crippen molar-refractivity contribution in [1.29, 1.82) is 0 Å². The van der Waals surface area contributed by atoms with Crippen LogP contribution in [0.2, 0.25) is 0 Å². The fourth-order valence-electron chi connectivity index (χ4n) is 1.70. The molecule has 0 aliphatic rings. The maximum absolute atomic E-state index is 4.62. The summed E-state index contributed by atoms with van der Waals surface area (Å²) in [7, 11) is 0. The molecule has 0 spiro atoms. The molecule has 0 radical (unpaired) electrons. The molecule has 0 aromatic carbocycles. The summed E-state index contributed by atoms with van der Waals surface area (Å²) in [4.78, 5) is 11.6. The highest BCUT2D eigenvalue weighted by Gasteiger charge is 2.10. The van der Waals surface area contributed by atoms with Crippen LogP contribution in [-0.2, 0) is 6.42 Å². The van der Waals surface area contributed by atoms with Crippen LogP contribution in [0.25, 0.3) is 10.7 Å². The van der Waals surface area contributed by atoms with Crippen molar-refractivity contribution in [3.05, 3.63) is 27.2 Å². The van der Waals surface area contributed by atoms with Crippen molar-refractivity contribution in [2.24, 2.45) is 0 Å². The molecule has 3 nitrogen and oxygen atoms in total. The number of rotatable bonds is 5. The first-order valence-corrected chi connectivity index (χ1v) is 8.13. The van der Waals surface area contributed by atoms with Crippen molar-refractivity contribution in [3.63, 3.8) is 0 Å². The van der Waals surface area contributed by atoms with Crippen molar-refractivity contribution in [2.75, 3.05) is 11.9 Å². The average Bonchev–Trinajstić information content (AvgIpc) is 2.76. The van der Waals surface area contributed by atoms with Crippen molar-refractivity contribution in [1.82, 2.24) is 9.97 Å². The zero-order chi connectivity index (χ0) is 13.8. The summed E-state index contributed by atoms with van der Waals surface area (Å²) >= 11 is 5.27. The van der Waals surface area contributed by atoms with E-state index >= 15 is 0 Å². The Balaban J connectivity index is 2.38. The van der Waals surface area contributed by atoms with Crippen molar-refractivity contribution >= 4 is 33.1 Å². The number of halogens is 1. The van der Waals surface area contributed by atoms with Gasteiger partial charge in [-0.15, -0.1) is 11.3 Å². The summed E-state index contributed by atoms with van der Waals surface area (Å²) in [5, 5.41) is 3.34. The Morgan fingerprint density at radius 3 is 2.63 bits per heavy atom. The first-order chi connectivity index (χ1) is 9.13. The first-order valence-electron chi connectivity index (χ1n) is 6.52. The maximum Gasteiger partial charge on any atom is 0.171 e. The van der Waals surface area contributed by atoms with Crippen molar-refractivity contribution in [3.8, 4) is 10.7 Å². The highest BCUT2D eigenvalue weighted by molar-refractivity contribution is 9.10. The summed E-state index contributed by atoms with van der Waals surface area (Å²) in [5.74, 6) is 1.74. The predicted octanol–water partition coefficient (Wildman–Crippen LogP) is 4.66. The Labute approximate surface area is 126 Å². The van der Waals surface area contributed by atoms with Gasteiger partial charge in [0.25, 0.3) is 0 Å². The van der Waals surface area contributed by atoms with Crippen molar-refractivity contribution in [2.45, 2.75) is 33.6 Å². The molecule has 1 N–H and O–H groups in total. The fraction of sp³-hybridized carbons (Fsp3) is 0.429. The van der Waals surface area contributed by atoms with Gasteiger partial charge in [0.2, 0.25) is 0 Å². The van der Waals surface area contributed by atoms with E-state index in [1.807, 2.05) is 6.07 Å². The number of nitrogens with zero attached hydrogens (tertiary/aromatic N) is 2. The lowest BCUT2D eigenvalue weighted by Gasteiger charge is -2.07. The van der Waals surface area contributed by atoms with Crippen LogP contribution in [0.3, 0.4) is 0 Å². The van der Waals surface area contributed by atoms with Gasteiger partial charge >= 0.3 is 0 Å². The molecule has 0 atom stereocenters. The lowest BCUT2D eigenvalue weighted by Crippen LogP contribution is -2.05. The number of hydrogen-bond donors (Lipinski definition) is 1. The van der Waals surface area contributed by atoms with E-state index in [0.717, 1.165) is 46.1 Å². The monoisotopic (exact) mass is 339 g/mol. The van der Waals surface area contributed by atoms with E-state index in [1.165, 1.54) is 4.88 Å². The van der Waals surface area contributed by atoms with E-state index in [9.17, 15) is 0 Å². The molecule has 0 aliphatic carbocycles. The SMILES string of the molecule is CCCNc1cc(CC)nc(-c2cc(Br)c(C)s2)n1. The van der Waals surface area contributed by atoms with E-state index in [0.29, 0.717) is 0 Å². The van der Waals surface area contributed by atoms with Crippen LogP contribution in [0, 0.1) is 6.92 Å². The molecule has 19 heavy (non-hydrogen) atoms.